The van der Waals surface area contributed by atoms with Crippen molar-refractivity contribution in [2.45, 2.75) is 18.8 Å². The van der Waals surface area contributed by atoms with E-state index in [0.29, 0.717) is 5.92 Å². The zero-order chi connectivity index (χ0) is 13.2. The maximum Gasteiger partial charge on any atom is 0.322 e. The minimum atomic E-state index is 0.268. The fourth-order valence-electron chi connectivity index (χ4n) is 2.50. The summed E-state index contributed by atoms with van der Waals surface area (Å²) in [6.45, 7) is 1.62. The van der Waals surface area contributed by atoms with Crippen LogP contribution in [-0.2, 0) is 11.8 Å². The zero-order valence-corrected chi connectivity index (χ0v) is 11.0. The Morgan fingerprint density at radius 2 is 1.95 bits per heavy atom. The smallest absolute Gasteiger partial charge is 0.322 e. The second kappa shape index (κ2) is 5.01. The largest absolute Gasteiger partial charge is 0.508 e. The highest BCUT2D eigenvalue weighted by Gasteiger charge is 2.29. The third-order valence-corrected chi connectivity index (χ3v) is 3.57. The average Bonchev–Trinajstić information content (AvgIpc) is 2.83. The highest BCUT2D eigenvalue weighted by molar-refractivity contribution is 5.55. The van der Waals surface area contributed by atoms with Gasteiger partial charge in [-0.25, -0.2) is 0 Å². The number of phenolic OH excluding ortho intramolecular Hbond substituents is 1. The molecule has 5 heteroatoms. The molecule has 5 nitrogen and oxygen atoms in total. The summed E-state index contributed by atoms with van der Waals surface area (Å²) >= 11 is 0. The lowest BCUT2D eigenvalue weighted by Crippen LogP contribution is -2.37. The van der Waals surface area contributed by atoms with Gasteiger partial charge in [-0.3, -0.25) is 0 Å². The van der Waals surface area contributed by atoms with Crippen LogP contribution >= 0.6 is 0 Å². The summed E-state index contributed by atoms with van der Waals surface area (Å²) in [5.41, 5.74) is 0.978. The van der Waals surface area contributed by atoms with E-state index < -0.39 is 0 Å². The molecule has 1 aliphatic heterocycles. The van der Waals surface area contributed by atoms with Crippen molar-refractivity contribution in [3.8, 4) is 17.1 Å². The van der Waals surface area contributed by atoms with Crippen molar-refractivity contribution in [2.75, 3.05) is 13.2 Å². The molecule has 2 aromatic rings. The lowest BCUT2D eigenvalue weighted by molar-refractivity contribution is -0.735. The Morgan fingerprint density at radius 1 is 1.26 bits per heavy atom. The first-order chi connectivity index (χ1) is 9.24. The van der Waals surface area contributed by atoms with Gasteiger partial charge in [-0.1, -0.05) is 0 Å². The van der Waals surface area contributed by atoms with Gasteiger partial charge in [-0.15, -0.1) is 0 Å². The summed E-state index contributed by atoms with van der Waals surface area (Å²) in [5, 5.41) is 12.6. The zero-order valence-electron chi connectivity index (χ0n) is 11.0. The molecule has 0 aliphatic carbocycles. The van der Waals surface area contributed by atoms with Crippen LogP contribution in [0.3, 0.4) is 0 Å². The third kappa shape index (κ3) is 2.46. The van der Waals surface area contributed by atoms with Crippen LogP contribution < -0.4 is 4.68 Å². The molecule has 0 atom stereocenters. The summed E-state index contributed by atoms with van der Waals surface area (Å²) in [6, 6.07) is 7.07. The van der Waals surface area contributed by atoms with Crippen molar-refractivity contribution in [2.24, 2.45) is 7.05 Å². The van der Waals surface area contributed by atoms with Gasteiger partial charge in [-0.2, -0.15) is 9.78 Å². The van der Waals surface area contributed by atoms with E-state index in [1.54, 1.807) is 12.1 Å². The number of nitrogens with one attached hydrogen (secondary N) is 1. The Bertz CT molecular complexity index is 557. The van der Waals surface area contributed by atoms with Gasteiger partial charge < -0.3 is 9.84 Å². The van der Waals surface area contributed by atoms with Gasteiger partial charge in [0.15, 0.2) is 0 Å². The highest BCUT2D eigenvalue weighted by Crippen LogP contribution is 2.25. The van der Waals surface area contributed by atoms with Gasteiger partial charge in [0.2, 0.25) is 0 Å². The SMILES string of the molecule is C[n+]1[nH]c(-c2ccc(O)cc2)nc1C1CCOCC1. The molecular formula is C14H18N3O2+. The number of aromatic amines is 1. The normalized spacial score (nSPS) is 16.7. The Kier molecular flexibility index (Phi) is 3.21. The Labute approximate surface area is 111 Å². The van der Waals surface area contributed by atoms with Gasteiger partial charge in [0, 0.05) is 18.8 Å². The molecule has 1 aliphatic rings. The van der Waals surface area contributed by atoms with Gasteiger partial charge in [-0.05, 0) is 42.1 Å². The molecule has 19 heavy (non-hydrogen) atoms. The number of nitrogens with zero attached hydrogens (tertiary/aromatic N) is 2. The molecule has 1 aromatic carbocycles. The number of H-pyrrole nitrogens is 1. The summed E-state index contributed by atoms with van der Waals surface area (Å²) < 4.78 is 7.37. The molecule has 0 bridgehead atoms. The van der Waals surface area contributed by atoms with Gasteiger partial charge in [0.25, 0.3) is 5.82 Å². The molecular weight excluding hydrogens is 242 g/mol. The van der Waals surface area contributed by atoms with E-state index >= 15 is 0 Å². The number of hydrogen-bond donors (Lipinski definition) is 2. The maximum atomic E-state index is 9.32. The van der Waals surface area contributed by atoms with Crippen LogP contribution in [0, 0.1) is 0 Å². The van der Waals surface area contributed by atoms with Crippen LogP contribution in [0.2, 0.25) is 0 Å². The quantitative estimate of drug-likeness (QED) is 0.804. The summed E-state index contributed by atoms with van der Waals surface area (Å²) in [5.74, 6) is 2.64. The predicted molar refractivity (Wildman–Crippen MR) is 69.7 cm³/mol. The van der Waals surface area contributed by atoms with E-state index in [1.165, 1.54) is 0 Å². The van der Waals surface area contributed by atoms with Crippen molar-refractivity contribution in [3.05, 3.63) is 30.1 Å². The third-order valence-electron chi connectivity index (χ3n) is 3.57. The summed E-state index contributed by atoms with van der Waals surface area (Å²) in [6.07, 6.45) is 2.04. The molecule has 1 fully saturated rings. The van der Waals surface area contributed by atoms with Crippen molar-refractivity contribution >= 4 is 0 Å². The van der Waals surface area contributed by atoms with E-state index in [9.17, 15) is 5.11 Å². The molecule has 2 N–H and O–H groups in total. The van der Waals surface area contributed by atoms with Crippen molar-refractivity contribution in [1.82, 2.24) is 10.1 Å². The predicted octanol–water partition coefficient (Wildman–Crippen LogP) is 1.50. The number of rotatable bonds is 2. The Morgan fingerprint density at radius 3 is 2.63 bits per heavy atom. The van der Waals surface area contributed by atoms with Crippen LogP contribution in [0.15, 0.2) is 24.3 Å². The molecule has 100 valence electrons. The number of aryl methyl sites for hydroxylation is 1. The van der Waals surface area contributed by atoms with Gasteiger partial charge >= 0.3 is 5.82 Å². The number of aromatic nitrogens is 3. The molecule has 0 spiro atoms. The Hall–Kier alpha value is -1.88. The minimum absolute atomic E-state index is 0.268. The van der Waals surface area contributed by atoms with Gasteiger partial charge in [0.05, 0.1) is 5.92 Å². The number of phenols is 1. The highest BCUT2D eigenvalue weighted by atomic mass is 16.5. The van der Waals surface area contributed by atoms with Crippen LogP contribution in [0.25, 0.3) is 11.4 Å². The van der Waals surface area contributed by atoms with E-state index in [2.05, 4.69) is 5.10 Å². The summed E-state index contributed by atoms with van der Waals surface area (Å²) in [7, 11) is 1.99. The van der Waals surface area contributed by atoms with E-state index in [-0.39, 0.29) is 5.75 Å². The monoisotopic (exact) mass is 260 g/mol. The number of hydrogen-bond acceptors (Lipinski definition) is 3. The van der Waals surface area contributed by atoms with Crippen LogP contribution in [0.4, 0.5) is 0 Å². The maximum absolute atomic E-state index is 9.32. The second-order valence-electron chi connectivity index (χ2n) is 4.92. The lowest BCUT2D eigenvalue weighted by Gasteiger charge is -2.16. The first kappa shape index (κ1) is 12.2. The second-order valence-corrected chi connectivity index (χ2v) is 4.92. The fraction of sp³-hybridized carbons (Fsp3) is 0.429. The lowest BCUT2D eigenvalue weighted by atomic mass is 9.99. The van der Waals surface area contributed by atoms with E-state index in [0.717, 1.165) is 43.3 Å². The van der Waals surface area contributed by atoms with Crippen molar-refractivity contribution < 1.29 is 14.5 Å². The van der Waals surface area contributed by atoms with Crippen molar-refractivity contribution in [1.29, 1.82) is 0 Å². The Balaban J connectivity index is 1.90. The standard InChI is InChI=1S/C14H17N3O2/c1-17-14(11-6-8-19-9-7-11)15-13(16-17)10-2-4-12(18)5-3-10/h2-5,11H,6-9H2,1H3,(H,16,18)/p+1. The molecule has 0 amide bonds. The van der Waals surface area contributed by atoms with Gasteiger partial charge in [0.1, 0.15) is 12.8 Å². The number of ether oxygens (including phenoxy) is 1. The first-order valence-electron chi connectivity index (χ1n) is 6.57. The van der Waals surface area contributed by atoms with Crippen LogP contribution in [0.5, 0.6) is 5.75 Å². The molecule has 2 heterocycles. The molecule has 1 saturated heterocycles. The summed E-state index contributed by atoms with van der Waals surface area (Å²) in [4.78, 5) is 4.70. The van der Waals surface area contributed by atoms with Crippen LogP contribution in [0.1, 0.15) is 24.6 Å². The van der Waals surface area contributed by atoms with Crippen LogP contribution in [-0.4, -0.2) is 28.4 Å². The number of aromatic hydroxyl groups is 1. The first-order valence-corrected chi connectivity index (χ1v) is 6.57. The van der Waals surface area contributed by atoms with Crippen molar-refractivity contribution in [3.63, 3.8) is 0 Å². The molecule has 0 saturated carbocycles. The molecule has 1 aromatic heterocycles. The number of benzene rings is 1. The molecule has 3 rings (SSSR count). The minimum Gasteiger partial charge on any atom is -0.508 e. The topological polar surface area (TPSA) is 62.0 Å². The fourth-order valence-corrected chi connectivity index (χ4v) is 2.50. The van der Waals surface area contributed by atoms with E-state index in [4.69, 9.17) is 9.72 Å². The average molecular weight is 260 g/mol. The van der Waals surface area contributed by atoms with E-state index in [1.807, 2.05) is 23.9 Å². The molecule has 0 radical (unpaired) electrons. The molecule has 0 unspecified atom stereocenters.